The van der Waals surface area contributed by atoms with Crippen LogP contribution in [-0.2, 0) is 13.0 Å². The highest BCUT2D eigenvalue weighted by atomic mass is 35.5. The molecule has 2 aliphatic rings. The molecule has 1 saturated carbocycles. The first-order valence-electron chi connectivity index (χ1n) is 9.77. The summed E-state index contributed by atoms with van der Waals surface area (Å²) in [7, 11) is 1.93. The van der Waals surface area contributed by atoms with Crippen LogP contribution in [0.2, 0.25) is 5.02 Å². The largest absolute Gasteiger partial charge is 0.340 e. The van der Waals surface area contributed by atoms with Crippen molar-refractivity contribution in [2.75, 3.05) is 7.05 Å². The Bertz CT molecular complexity index is 940. The van der Waals surface area contributed by atoms with Gasteiger partial charge in [0.25, 0.3) is 0 Å². The summed E-state index contributed by atoms with van der Waals surface area (Å²) in [5.74, 6) is 1.63. The minimum Gasteiger partial charge on any atom is -0.340 e. The SMILES string of the molecule is C=C1C=C(c2ccc(CCC3CC3)nc2)N=C(c2cc(CNC)ccc2Cl)N1. The van der Waals surface area contributed by atoms with Crippen molar-refractivity contribution < 1.29 is 0 Å². The second-order valence-electron chi connectivity index (χ2n) is 7.51. The maximum atomic E-state index is 6.45. The second-order valence-corrected chi connectivity index (χ2v) is 7.91. The number of halogens is 1. The topological polar surface area (TPSA) is 49.3 Å². The number of nitrogens with one attached hydrogen (secondary N) is 2. The van der Waals surface area contributed by atoms with Crippen molar-refractivity contribution in [3.05, 3.63) is 82.3 Å². The molecule has 0 radical (unpaired) electrons. The minimum atomic E-state index is 0.661. The van der Waals surface area contributed by atoms with E-state index >= 15 is 0 Å². The molecule has 0 bridgehead atoms. The van der Waals surface area contributed by atoms with Crippen LogP contribution in [0.1, 0.15) is 41.6 Å². The van der Waals surface area contributed by atoms with Gasteiger partial charge >= 0.3 is 0 Å². The Kier molecular flexibility index (Phi) is 5.60. The van der Waals surface area contributed by atoms with Crippen LogP contribution in [-0.4, -0.2) is 17.9 Å². The summed E-state index contributed by atoms with van der Waals surface area (Å²) in [6.45, 7) is 4.85. The Morgan fingerprint density at radius 2 is 2.11 bits per heavy atom. The monoisotopic (exact) mass is 392 g/mol. The highest BCUT2D eigenvalue weighted by Gasteiger charge is 2.21. The van der Waals surface area contributed by atoms with Crippen molar-refractivity contribution in [1.29, 1.82) is 0 Å². The molecule has 5 heteroatoms. The van der Waals surface area contributed by atoms with Gasteiger partial charge in [0.1, 0.15) is 5.84 Å². The van der Waals surface area contributed by atoms with E-state index in [4.69, 9.17) is 16.6 Å². The first kappa shape index (κ1) is 18.9. The van der Waals surface area contributed by atoms with E-state index in [0.29, 0.717) is 10.9 Å². The van der Waals surface area contributed by atoms with Gasteiger partial charge in [-0.1, -0.05) is 37.1 Å². The Morgan fingerprint density at radius 3 is 2.82 bits per heavy atom. The van der Waals surface area contributed by atoms with E-state index in [1.165, 1.54) is 19.3 Å². The number of benzene rings is 1. The maximum Gasteiger partial charge on any atom is 0.139 e. The van der Waals surface area contributed by atoms with Gasteiger partial charge in [0.05, 0.1) is 10.7 Å². The van der Waals surface area contributed by atoms with Crippen LogP contribution in [0.25, 0.3) is 5.70 Å². The lowest BCUT2D eigenvalue weighted by atomic mass is 10.1. The van der Waals surface area contributed by atoms with E-state index in [9.17, 15) is 0 Å². The number of allylic oxidation sites excluding steroid dienone is 1. The molecule has 1 aromatic heterocycles. The molecule has 0 saturated heterocycles. The fraction of sp³-hybridized carbons (Fsp3) is 0.304. The van der Waals surface area contributed by atoms with Crippen molar-refractivity contribution in [1.82, 2.24) is 15.6 Å². The summed E-state index contributed by atoms with van der Waals surface area (Å²) in [4.78, 5) is 9.45. The molecule has 1 aromatic carbocycles. The van der Waals surface area contributed by atoms with Gasteiger partial charge in [-0.15, -0.1) is 0 Å². The minimum absolute atomic E-state index is 0.661. The fourth-order valence-corrected chi connectivity index (χ4v) is 3.57. The van der Waals surface area contributed by atoms with Gasteiger partial charge in [-0.2, -0.15) is 0 Å². The summed E-state index contributed by atoms with van der Waals surface area (Å²) in [6.07, 6.45) is 8.92. The Morgan fingerprint density at radius 1 is 1.25 bits per heavy atom. The molecule has 0 unspecified atom stereocenters. The van der Waals surface area contributed by atoms with E-state index in [0.717, 1.165) is 52.7 Å². The molecule has 2 aromatic rings. The number of hydrogen-bond donors (Lipinski definition) is 2. The quantitative estimate of drug-likeness (QED) is 0.717. The molecule has 4 nitrogen and oxygen atoms in total. The van der Waals surface area contributed by atoms with E-state index in [1.54, 1.807) is 0 Å². The number of amidine groups is 1. The maximum absolute atomic E-state index is 6.45. The average Bonchev–Trinajstić information content (AvgIpc) is 3.52. The third kappa shape index (κ3) is 4.51. The van der Waals surface area contributed by atoms with Gasteiger partial charge in [0.2, 0.25) is 0 Å². The van der Waals surface area contributed by atoms with Crippen LogP contribution < -0.4 is 10.6 Å². The lowest BCUT2D eigenvalue weighted by Crippen LogP contribution is -2.26. The zero-order valence-corrected chi connectivity index (χ0v) is 16.9. The highest BCUT2D eigenvalue weighted by Crippen LogP contribution is 2.33. The van der Waals surface area contributed by atoms with Crippen molar-refractivity contribution in [3.63, 3.8) is 0 Å². The molecule has 1 aliphatic heterocycles. The van der Waals surface area contributed by atoms with E-state index in [-0.39, 0.29) is 0 Å². The molecule has 2 N–H and O–H groups in total. The number of hydrogen-bond acceptors (Lipinski definition) is 4. The summed E-state index contributed by atoms with van der Waals surface area (Å²) >= 11 is 6.45. The van der Waals surface area contributed by atoms with Gasteiger partial charge in [-0.05, 0) is 61.7 Å². The number of rotatable bonds is 7. The normalized spacial score (nSPS) is 16.4. The predicted octanol–water partition coefficient (Wildman–Crippen LogP) is 4.70. The molecule has 0 amide bonds. The summed E-state index contributed by atoms with van der Waals surface area (Å²) in [5, 5.41) is 7.07. The molecular weight excluding hydrogens is 368 g/mol. The Balaban J connectivity index is 1.58. The van der Waals surface area contributed by atoms with Crippen molar-refractivity contribution in [2.24, 2.45) is 10.9 Å². The van der Waals surface area contributed by atoms with E-state index in [1.807, 2.05) is 31.5 Å². The van der Waals surface area contributed by atoms with Crippen LogP contribution in [0.15, 0.2) is 59.9 Å². The van der Waals surface area contributed by atoms with Crippen LogP contribution in [0.3, 0.4) is 0 Å². The molecule has 4 rings (SSSR count). The van der Waals surface area contributed by atoms with E-state index in [2.05, 4.69) is 40.4 Å². The number of aliphatic imine (C=N–C) groups is 1. The van der Waals surface area contributed by atoms with E-state index < -0.39 is 0 Å². The number of pyridine rings is 1. The van der Waals surface area contributed by atoms with Crippen molar-refractivity contribution in [3.8, 4) is 0 Å². The third-order valence-electron chi connectivity index (χ3n) is 5.12. The van der Waals surface area contributed by atoms with Gasteiger partial charge in [0.15, 0.2) is 0 Å². The summed E-state index contributed by atoms with van der Waals surface area (Å²) in [5.41, 5.74) is 5.78. The predicted molar refractivity (Wildman–Crippen MR) is 116 cm³/mol. The van der Waals surface area contributed by atoms with Crippen molar-refractivity contribution >= 4 is 23.1 Å². The zero-order chi connectivity index (χ0) is 19.5. The Labute approximate surface area is 171 Å². The van der Waals surface area contributed by atoms with Crippen LogP contribution in [0, 0.1) is 5.92 Å². The van der Waals surface area contributed by atoms with Crippen LogP contribution >= 0.6 is 11.6 Å². The molecular formula is C23H25ClN4. The molecule has 0 spiro atoms. The van der Waals surface area contributed by atoms with Crippen LogP contribution in [0.5, 0.6) is 0 Å². The molecule has 1 aliphatic carbocycles. The number of aromatic nitrogens is 1. The van der Waals surface area contributed by atoms with Gasteiger partial charge in [0, 0.05) is 35.3 Å². The lowest BCUT2D eigenvalue weighted by Gasteiger charge is -2.19. The van der Waals surface area contributed by atoms with Gasteiger partial charge in [-0.25, -0.2) is 4.99 Å². The highest BCUT2D eigenvalue weighted by molar-refractivity contribution is 6.34. The number of nitrogens with zero attached hydrogens (tertiary/aromatic N) is 2. The number of aryl methyl sites for hydroxylation is 1. The molecule has 0 atom stereocenters. The lowest BCUT2D eigenvalue weighted by molar-refractivity contribution is 0.714. The fourth-order valence-electron chi connectivity index (χ4n) is 3.36. The molecule has 1 fully saturated rings. The first-order valence-corrected chi connectivity index (χ1v) is 10.1. The van der Waals surface area contributed by atoms with Gasteiger partial charge < -0.3 is 10.6 Å². The van der Waals surface area contributed by atoms with Crippen molar-refractivity contribution in [2.45, 2.75) is 32.2 Å². The second kappa shape index (κ2) is 8.29. The molecule has 2 heterocycles. The molecule has 28 heavy (non-hydrogen) atoms. The molecule has 144 valence electrons. The van der Waals surface area contributed by atoms with Crippen LogP contribution in [0.4, 0.5) is 0 Å². The summed E-state index contributed by atoms with van der Waals surface area (Å²) in [6, 6.07) is 10.2. The zero-order valence-electron chi connectivity index (χ0n) is 16.1. The smallest absolute Gasteiger partial charge is 0.139 e. The average molecular weight is 393 g/mol. The summed E-state index contributed by atoms with van der Waals surface area (Å²) < 4.78 is 0. The Hall–Kier alpha value is -2.43. The first-order chi connectivity index (χ1) is 13.6. The standard InChI is InChI=1S/C23H25ClN4/c1-15-11-22(18-7-9-19(26-14-18)8-5-16-3-4-16)28-23(27-15)20-12-17(13-25-2)6-10-21(20)24/h6-7,9-12,14,16,25H,1,3-5,8,13H2,2H3,(H,27,28). The third-order valence-corrected chi connectivity index (χ3v) is 5.44. The van der Waals surface area contributed by atoms with Gasteiger partial charge in [-0.3, -0.25) is 4.98 Å².